The van der Waals surface area contributed by atoms with Crippen molar-refractivity contribution in [2.45, 2.75) is 33.1 Å². The van der Waals surface area contributed by atoms with Crippen LogP contribution in [0.1, 0.15) is 33.7 Å². The molecule has 0 amide bonds. The molecule has 2 nitrogen and oxygen atoms in total. The Hall–Kier alpha value is -1.80. The zero-order valence-corrected chi connectivity index (χ0v) is 13.4. The highest BCUT2D eigenvalue weighted by Gasteiger charge is 2.14. The second-order valence-corrected chi connectivity index (χ2v) is 5.86. The van der Waals surface area contributed by atoms with Crippen LogP contribution in [0.25, 0.3) is 0 Å². The van der Waals surface area contributed by atoms with E-state index in [9.17, 15) is 0 Å². The number of rotatable bonds is 5. The molecule has 0 radical (unpaired) electrons. The second-order valence-electron chi connectivity index (χ2n) is 5.86. The first kappa shape index (κ1) is 15.6. The van der Waals surface area contributed by atoms with E-state index < -0.39 is 0 Å². The van der Waals surface area contributed by atoms with Crippen molar-refractivity contribution in [2.24, 2.45) is 5.73 Å². The topological polar surface area (TPSA) is 35.2 Å². The number of methoxy groups -OCH3 is 1. The molecular formula is C19H25NO. The average molecular weight is 283 g/mol. The van der Waals surface area contributed by atoms with E-state index in [2.05, 4.69) is 51.1 Å². The molecule has 1 unspecified atom stereocenters. The van der Waals surface area contributed by atoms with E-state index in [0.717, 1.165) is 12.2 Å². The van der Waals surface area contributed by atoms with Gasteiger partial charge < -0.3 is 10.5 Å². The van der Waals surface area contributed by atoms with Crippen molar-refractivity contribution >= 4 is 0 Å². The van der Waals surface area contributed by atoms with E-state index >= 15 is 0 Å². The summed E-state index contributed by atoms with van der Waals surface area (Å²) >= 11 is 0. The fraction of sp³-hybridized carbons (Fsp3) is 0.368. The maximum Gasteiger partial charge on any atom is 0.119 e. The Bertz CT molecular complexity index is 599. The van der Waals surface area contributed by atoms with Gasteiger partial charge in [-0.2, -0.15) is 0 Å². The first-order valence-electron chi connectivity index (χ1n) is 7.45. The minimum absolute atomic E-state index is 0.345. The summed E-state index contributed by atoms with van der Waals surface area (Å²) in [6.07, 6.45) is 0.978. The molecule has 0 aliphatic heterocycles. The molecule has 0 bridgehead atoms. The molecule has 0 saturated heterocycles. The lowest BCUT2D eigenvalue weighted by molar-refractivity contribution is 0.414. The van der Waals surface area contributed by atoms with Crippen molar-refractivity contribution < 1.29 is 4.74 Å². The number of hydrogen-bond acceptors (Lipinski definition) is 2. The third kappa shape index (κ3) is 3.85. The minimum Gasteiger partial charge on any atom is -0.497 e. The van der Waals surface area contributed by atoms with Crippen LogP contribution in [0.4, 0.5) is 0 Å². The van der Waals surface area contributed by atoms with Crippen LogP contribution in [0.15, 0.2) is 36.4 Å². The first-order valence-corrected chi connectivity index (χ1v) is 7.45. The Morgan fingerprint density at radius 2 is 1.67 bits per heavy atom. The molecule has 0 spiro atoms. The third-order valence-electron chi connectivity index (χ3n) is 3.96. The third-order valence-corrected chi connectivity index (χ3v) is 3.96. The minimum atomic E-state index is 0.345. The Morgan fingerprint density at radius 1 is 1.00 bits per heavy atom. The van der Waals surface area contributed by atoms with E-state index in [-0.39, 0.29) is 0 Å². The fourth-order valence-electron chi connectivity index (χ4n) is 3.02. The van der Waals surface area contributed by atoms with Gasteiger partial charge in [-0.3, -0.25) is 0 Å². The molecule has 21 heavy (non-hydrogen) atoms. The molecule has 0 aromatic heterocycles. The fourth-order valence-corrected chi connectivity index (χ4v) is 3.02. The van der Waals surface area contributed by atoms with Crippen molar-refractivity contribution in [2.75, 3.05) is 13.7 Å². The van der Waals surface area contributed by atoms with Gasteiger partial charge in [-0.1, -0.05) is 35.4 Å². The van der Waals surface area contributed by atoms with Crippen molar-refractivity contribution in [1.82, 2.24) is 0 Å². The number of aryl methyl sites for hydroxylation is 3. The van der Waals surface area contributed by atoms with Gasteiger partial charge in [0, 0.05) is 5.92 Å². The lowest BCUT2D eigenvalue weighted by Crippen LogP contribution is -2.16. The average Bonchev–Trinajstić information content (AvgIpc) is 2.44. The van der Waals surface area contributed by atoms with Gasteiger partial charge in [0.05, 0.1) is 7.11 Å². The highest BCUT2D eigenvalue weighted by atomic mass is 16.5. The van der Waals surface area contributed by atoms with Gasteiger partial charge in [0.15, 0.2) is 0 Å². The molecule has 2 N–H and O–H groups in total. The zero-order valence-electron chi connectivity index (χ0n) is 13.4. The zero-order chi connectivity index (χ0) is 15.4. The number of hydrogen-bond donors (Lipinski definition) is 1. The van der Waals surface area contributed by atoms with E-state index in [1.807, 2.05) is 6.07 Å². The van der Waals surface area contributed by atoms with Crippen molar-refractivity contribution in [3.8, 4) is 5.75 Å². The maximum absolute atomic E-state index is 6.04. The maximum atomic E-state index is 6.04. The lowest BCUT2D eigenvalue weighted by atomic mass is 9.88. The van der Waals surface area contributed by atoms with Gasteiger partial charge in [0.25, 0.3) is 0 Å². The summed E-state index contributed by atoms with van der Waals surface area (Å²) in [4.78, 5) is 0. The monoisotopic (exact) mass is 283 g/mol. The summed E-state index contributed by atoms with van der Waals surface area (Å²) in [6, 6.07) is 13.0. The highest BCUT2D eigenvalue weighted by molar-refractivity contribution is 5.38. The van der Waals surface area contributed by atoms with E-state index in [0.29, 0.717) is 12.5 Å². The van der Waals surface area contributed by atoms with E-state index in [4.69, 9.17) is 10.5 Å². The predicted octanol–water partition coefficient (Wildman–Crippen LogP) is 3.91. The molecular weight excluding hydrogens is 258 g/mol. The molecule has 2 rings (SSSR count). The molecule has 2 aromatic rings. The Balaban J connectivity index is 2.27. The second kappa shape index (κ2) is 6.77. The van der Waals surface area contributed by atoms with Crippen LogP contribution in [-0.2, 0) is 6.42 Å². The highest BCUT2D eigenvalue weighted by Crippen LogP contribution is 2.27. The van der Waals surface area contributed by atoms with Crippen LogP contribution in [0, 0.1) is 20.8 Å². The van der Waals surface area contributed by atoms with Crippen LogP contribution in [0.5, 0.6) is 5.75 Å². The number of ether oxygens (including phenoxy) is 1. The van der Waals surface area contributed by atoms with Gasteiger partial charge in [-0.05, 0) is 62.6 Å². The van der Waals surface area contributed by atoms with Gasteiger partial charge in [-0.15, -0.1) is 0 Å². The van der Waals surface area contributed by atoms with Crippen molar-refractivity contribution in [1.29, 1.82) is 0 Å². The van der Waals surface area contributed by atoms with Crippen molar-refractivity contribution in [3.05, 3.63) is 64.2 Å². The Kier molecular flexibility index (Phi) is 5.03. The molecule has 2 heteroatoms. The molecule has 0 saturated carbocycles. The van der Waals surface area contributed by atoms with E-state index in [1.165, 1.54) is 27.8 Å². The standard InChI is InChI=1S/C19H25NO/c1-13-7-14(2)9-16(8-13)11-17(12-20)19-6-5-18(21-4)10-15(19)3/h5-10,17H,11-12,20H2,1-4H3. The molecule has 1 atom stereocenters. The Labute approximate surface area is 127 Å². The smallest absolute Gasteiger partial charge is 0.119 e. The van der Waals surface area contributed by atoms with Crippen LogP contribution in [-0.4, -0.2) is 13.7 Å². The van der Waals surface area contributed by atoms with Gasteiger partial charge >= 0.3 is 0 Å². The molecule has 0 aliphatic rings. The number of benzene rings is 2. The molecule has 2 aromatic carbocycles. The van der Waals surface area contributed by atoms with Gasteiger partial charge in [0.1, 0.15) is 5.75 Å². The SMILES string of the molecule is COc1ccc(C(CN)Cc2cc(C)cc(C)c2)c(C)c1. The predicted molar refractivity (Wildman–Crippen MR) is 89.1 cm³/mol. The Morgan fingerprint density at radius 3 is 2.19 bits per heavy atom. The van der Waals surface area contributed by atoms with Gasteiger partial charge in [0.2, 0.25) is 0 Å². The summed E-state index contributed by atoms with van der Waals surface area (Å²) in [5.74, 6) is 1.25. The number of nitrogens with two attached hydrogens (primary N) is 1. The normalized spacial score (nSPS) is 12.2. The van der Waals surface area contributed by atoms with Crippen LogP contribution in [0.2, 0.25) is 0 Å². The van der Waals surface area contributed by atoms with Crippen LogP contribution >= 0.6 is 0 Å². The lowest BCUT2D eigenvalue weighted by Gasteiger charge is -2.19. The summed E-state index contributed by atoms with van der Waals surface area (Å²) in [7, 11) is 1.70. The molecule has 0 heterocycles. The van der Waals surface area contributed by atoms with Gasteiger partial charge in [-0.25, -0.2) is 0 Å². The molecule has 0 fully saturated rings. The van der Waals surface area contributed by atoms with Crippen LogP contribution in [0.3, 0.4) is 0 Å². The van der Waals surface area contributed by atoms with E-state index in [1.54, 1.807) is 7.11 Å². The van der Waals surface area contributed by atoms with Crippen LogP contribution < -0.4 is 10.5 Å². The largest absolute Gasteiger partial charge is 0.497 e. The quantitative estimate of drug-likeness (QED) is 0.903. The first-order chi connectivity index (χ1) is 10.0. The summed E-state index contributed by atoms with van der Waals surface area (Å²) in [6.45, 7) is 7.07. The summed E-state index contributed by atoms with van der Waals surface area (Å²) in [5.41, 5.74) is 12.6. The van der Waals surface area contributed by atoms with Crippen molar-refractivity contribution in [3.63, 3.8) is 0 Å². The summed E-state index contributed by atoms with van der Waals surface area (Å²) < 4.78 is 5.28. The molecule has 0 aliphatic carbocycles. The summed E-state index contributed by atoms with van der Waals surface area (Å²) in [5, 5.41) is 0. The molecule has 112 valence electrons.